The van der Waals surface area contributed by atoms with Gasteiger partial charge in [-0.05, 0) is 36.4 Å². The van der Waals surface area contributed by atoms with E-state index in [-0.39, 0.29) is 6.03 Å². The zero-order valence-electron chi connectivity index (χ0n) is 18.5. The summed E-state index contributed by atoms with van der Waals surface area (Å²) in [7, 11) is 0. The van der Waals surface area contributed by atoms with E-state index in [1.54, 1.807) is 0 Å². The molecule has 1 heterocycles. The number of carbonyl (C=O) groups is 1. The van der Waals surface area contributed by atoms with Gasteiger partial charge in [-0.15, -0.1) is 23.2 Å². The monoisotopic (exact) mass is 493 g/mol. The van der Waals surface area contributed by atoms with Gasteiger partial charge in [0.15, 0.2) is 0 Å². The lowest BCUT2D eigenvalue weighted by Gasteiger charge is -2.23. The number of para-hydroxylation sites is 1. The van der Waals surface area contributed by atoms with Crippen molar-refractivity contribution in [2.75, 3.05) is 40.5 Å². The molecule has 3 aromatic carbocycles. The predicted octanol–water partition coefficient (Wildman–Crippen LogP) is 6.33. The second kappa shape index (κ2) is 11.6. The number of nitrogens with one attached hydrogen (secondary N) is 3. The number of hydrogen-bond donors (Lipinski definition) is 3. The van der Waals surface area contributed by atoms with Gasteiger partial charge in [-0.3, -0.25) is 10.9 Å². The summed E-state index contributed by atoms with van der Waals surface area (Å²) in [6.07, 6.45) is 0. The molecule has 6 nitrogen and oxygen atoms in total. The second-order valence-electron chi connectivity index (χ2n) is 7.55. The zero-order valence-corrected chi connectivity index (χ0v) is 20.0. The molecule has 0 unspecified atom stereocenters. The maximum absolute atomic E-state index is 12.6. The third-order valence-corrected chi connectivity index (χ3v) is 5.63. The van der Waals surface area contributed by atoms with Gasteiger partial charge in [0.2, 0.25) is 0 Å². The van der Waals surface area contributed by atoms with Gasteiger partial charge in [0.25, 0.3) is 0 Å². The van der Waals surface area contributed by atoms with Gasteiger partial charge in [0, 0.05) is 47.2 Å². The Hall–Kier alpha value is -3.48. The van der Waals surface area contributed by atoms with Crippen LogP contribution in [-0.2, 0) is 0 Å². The van der Waals surface area contributed by atoms with Gasteiger partial charge in [-0.2, -0.15) is 0 Å². The molecular weight excluding hydrogens is 469 g/mol. The Bertz CT molecular complexity index is 1230. The number of urea groups is 1. The Morgan fingerprint density at radius 2 is 1.53 bits per heavy atom. The highest BCUT2D eigenvalue weighted by Crippen LogP contribution is 2.27. The number of nitrogens with zero attached hydrogens (tertiary/aromatic N) is 2. The third kappa shape index (κ3) is 5.90. The lowest BCUT2D eigenvalue weighted by Crippen LogP contribution is -2.33. The summed E-state index contributed by atoms with van der Waals surface area (Å²) in [5.74, 6) is 1.03. The number of anilines is 3. The predicted molar refractivity (Wildman–Crippen MR) is 143 cm³/mol. The van der Waals surface area contributed by atoms with Crippen LogP contribution in [0.15, 0.2) is 84.9 Å². The van der Waals surface area contributed by atoms with Crippen molar-refractivity contribution < 1.29 is 4.79 Å². The SMILES string of the molecule is O=C(NNc1cc(-c2ccccc2)nc2ccccc12)Nc1ccc(N(CCCl)CCCl)cc1. The number of benzene rings is 3. The highest BCUT2D eigenvalue weighted by molar-refractivity contribution is 6.18. The fraction of sp³-hybridized carbons (Fsp3) is 0.154. The molecule has 0 fully saturated rings. The lowest BCUT2D eigenvalue weighted by molar-refractivity contribution is 0.254. The molecule has 0 saturated carbocycles. The van der Waals surface area contributed by atoms with Crippen LogP contribution in [0.4, 0.5) is 21.9 Å². The van der Waals surface area contributed by atoms with Gasteiger partial charge >= 0.3 is 6.03 Å². The lowest BCUT2D eigenvalue weighted by atomic mass is 10.1. The Labute approximate surface area is 208 Å². The fourth-order valence-corrected chi connectivity index (χ4v) is 4.06. The Kier molecular flexibility index (Phi) is 8.07. The Balaban J connectivity index is 1.45. The number of halogens is 2. The number of amides is 2. The number of aromatic nitrogens is 1. The summed E-state index contributed by atoms with van der Waals surface area (Å²) in [5, 5.41) is 3.75. The molecule has 0 atom stereocenters. The Morgan fingerprint density at radius 1 is 0.853 bits per heavy atom. The molecule has 0 aliphatic heterocycles. The molecule has 1 aromatic heterocycles. The first-order chi connectivity index (χ1) is 16.7. The second-order valence-corrected chi connectivity index (χ2v) is 8.31. The minimum atomic E-state index is -0.381. The summed E-state index contributed by atoms with van der Waals surface area (Å²) < 4.78 is 0. The maximum atomic E-state index is 12.6. The molecule has 0 aliphatic rings. The highest BCUT2D eigenvalue weighted by Gasteiger charge is 2.10. The van der Waals surface area contributed by atoms with Crippen LogP contribution in [0.2, 0.25) is 0 Å². The van der Waals surface area contributed by atoms with E-state index in [4.69, 9.17) is 28.2 Å². The summed E-state index contributed by atoms with van der Waals surface area (Å²) in [5.41, 5.74) is 10.8. The summed E-state index contributed by atoms with van der Waals surface area (Å²) in [4.78, 5) is 19.4. The smallest absolute Gasteiger partial charge is 0.337 e. The number of carbonyl (C=O) groups excluding carboxylic acids is 1. The first-order valence-corrected chi connectivity index (χ1v) is 12.0. The van der Waals surface area contributed by atoms with Crippen molar-refractivity contribution in [1.29, 1.82) is 0 Å². The number of rotatable bonds is 9. The number of alkyl halides is 2. The molecule has 34 heavy (non-hydrogen) atoms. The molecule has 2 amide bonds. The molecule has 0 bridgehead atoms. The number of hydrazine groups is 1. The van der Waals surface area contributed by atoms with Gasteiger partial charge < -0.3 is 10.2 Å². The van der Waals surface area contributed by atoms with Crippen LogP contribution < -0.4 is 21.1 Å². The van der Waals surface area contributed by atoms with Gasteiger partial charge in [0.05, 0.1) is 16.9 Å². The molecule has 0 saturated heterocycles. The van der Waals surface area contributed by atoms with Crippen molar-refractivity contribution in [2.24, 2.45) is 0 Å². The Morgan fingerprint density at radius 3 is 2.24 bits per heavy atom. The summed E-state index contributed by atoms with van der Waals surface area (Å²) >= 11 is 11.8. The van der Waals surface area contributed by atoms with Gasteiger partial charge in [0.1, 0.15) is 0 Å². The molecule has 4 aromatic rings. The molecule has 0 radical (unpaired) electrons. The average Bonchev–Trinajstić information content (AvgIpc) is 2.88. The average molecular weight is 494 g/mol. The molecule has 174 valence electrons. The van der Waals surface area contributed by atoms with Crippen LogP contribution in [0.1, 0.15) is 0 Å². The first-order valence-electron chi connectivity index (χ1n) is 10.9. The standard InChI is InChI=1S/C26H25Cl2N5O/c27-14-16-33(17-15-28)21-12-10-20(11-13-21)29-26(34)32-31-25-18-24(19-6-2-1-3-7-19)30-23-9-5-4-8-22(23)25/h1-13,18H,14-17H2,(H,30,31)(H2,29,32,34). The topological polar surface area (TPSA) is 69.3 Å². The molecular formula is C26H25Cl2N5O. The van der Waals surface area contributed by atoms with Crippen LogP contribution in [0.5, 0.6) is 0 Å². The van der Waals surface area contributed by atoms with Crippen molar-refractivity contribution in [1.82, 2.24) is 10.4 Å². The van der Waals surface area contributed by atoms with E-state index in [9.17, 15) is 4.79 Å². The molecule has 0 aliphatic carbocycles. The maximum Gasteiger partial charge on any atom is 0.337 e. The van der Waals surface area contributed by atoms with Crippen LogP contribution in [-0.4, -0.2) is 35.9 Å². The fourth-order valence-electron chi connectivity index (χ4n) is 3.65. The molecule has 8 heteroatoms. The zero-order chi connectivity index (χ0) is 23.8. The molecule has 4 rings (SSSR count). The third-order valence-electron chi connectivity index (χ3n) is 5.30. The van der Waals surface area contributed by atoms with Gasteiger partial charge in [-0.25, -0.2) is 9.78 Å². The van der Waals surface area contributed by atoms with Crippen molar-refractivity contribution in [3.8, 4) is 11.3 Å². The number of fused-ring (bicyclic) bond motifs is 1. The minimum absolute atomic E-state index is 0.381. The van der Waals surface area contributed by atoms with Gasteiger partial charge in [-0.1, -0.05) is 48.5 Å². The quantitative estimate of drug-likeness (QED) is 0.188. The molecule has 0 spiro atoms. The van der Waals surface area contributed by atoms with Crippen molar-refractivity contribution in [3.05, 3.63) is 84.9 Å². The minimum Gasteiger partial charge on any atom is -0.369 e. The van der Waals surface area contributed by atoms with E-state index in [0.717, 1.165) is 33.5 Å². The van der Waals surface area contributed by atoms with Crippen LogP contribution in [0.25, 0.3) is 22.2 Å². The normalized spacial score (nSPS) is 10.6. The summed E-state index contributed by atoms with van der Waals surface area (Å²) in [6.45, 7) is 1.41. The van der Waals surface area contributed by atoms with E-state index in [1.165, 1.54) is 0 Å². The van der Waals surface area contributed by atoms with E-state index in [0.29, 0.717) is 30.5 Å². The van der Waals surface area contributed by atoms with Crippen molar-refractivity contribution in [2.45, 2.75) is 0 Å². The molecule has 3 N–H and O–H groups in total. The van der Waals surface area contributed by atoms with Crippen LogP contribution in [0, 0.1) is 0 Å². The van der Waals surface area contributed by atoms with Crippen molar-refractivity contribution >= 4 is 57.2 Å². The summed E-state index contributed by atoms with van der Waals surface area (Å²) in [6, 6.07) is 26.8. The number of pyridine rings is 1. The number of hydrogen-bond acceptors (Lipinski definition) is 4. The van der Waals surface area contributed by atoms with E-state index in [1.807, 2.05) is 84.9 Å². The largest absolute Gasteiger partial charge is 0.369 e. The van der Waals surface area contributed by atoms with E-state index >= 15 is 0 Å². The van der Waals surface area contributed by atoms with Crippen LogP contribution >= 0.6 is 23.2 Å². The van der Waals surface area contributed by atoms with Crippen molar-refractivity contribution in [3.63, 3.8) is 0 Å². The first kappa shape index (κ1) is 23.7. The van der Waals surface area contributed by atoms with E-state index < -0.39 is 0 Å². The highest BCUT2D eigenvalue weighted by atomic mass is 35.5. The van der Waals surface area contributed by atoms with Crippen LogP contribution in [0.3, 0.4) is 0 Å². The van der Waals surface area contributed by atoms with E-state index in [2.05, 4.69) is 21.1 Å².